The van der Waals surface area contributed by atoms with Gasteiger partial charge < -0.3 is 13.7 Å². The lowest BCUT2D eigenvalue weighted by molar-refractivity contribution is 0.293. The Labute approximate surface area is 165 Å². The number of methoxy groups -OCH3 is 1. The molecule has 2 rings (SSSR count). The second-order valence-electron chi connectivity index (χ2n) is 6.10. The van der Waals surface area contributed by atoms with Crippen molar-refractivity contribution in [1.29, 1.82) is 0 Å². The van der Waals surface area contributed by atoms with Gasteiger partial charge in [-0.1, -0.05) is 30.9 Å². The highest BCUT2D eigenvalue weighted by molar-refractivity contribution is 7.71. The molecule has 0 aliphatic heterocycles. The molecule has 0 spiro atoms. The Hall–Kier alpha value is -2.92. The molecule has 27 heavy (non-hydrogen) atoms. The molecule has 0 saturated heterocycles. The first-order valence-corrected chi connectivity index (χ1v) is 8.87. The molecule has 0 N–H and O–H groups in total. The number of hydrogen-bond donors (Lipinski definition) is 0. The van der Waals surface area contributed by atoms with Gasteiger partial charge in [-0.2, -0.15) is 0 Å². The van der Waals surface area contributed by atoms with E-state index in [1.807, 2.05) is 67.0 Å². The zero-order chi connectivity index (χ0) is 19.8. The van der Waals surface area contributed by atoms with Crippen molar-refractivity contribution in [3.05, 3.63) is 94.7 Å². The molecule has 0 bridgehead atoms. The van der Waals surface area contributed by atoms with E-state index in [-0.39, 0.29) is 0 Å². The molecule has 0 saturated carbocycles. The van der Waals surface area contributed by atoms with Crippen LogP contribution in [0.25, 0.3) is 12.2 Å². The van der Waals surface area contributed by atoms with Crippen LogP contribution in [0.2, 0.25) is 0 Å². The van der Waals surface area contributed by atoms with E-state index in [9.17, 15) is 0 Å². The average Bonchev–Trinajstić information content (AvgIpc) is 3.13. The first-order chi connectivity index (χ1) is 12.9. The van der Waals surface area contributed by atoms with E-state index in [0.29, 0.717) is 11.3 Å². The number of aromatic nitrogens is 2. The SMILES string of the molecule is C=C(C)/C=C/c1cc(/C=C/C(=C)/C=C(\C)OC)nc(=S)n1Cc1ccco1. The van der Waals surface area contributed by atoms with Crippen LogP contribution >= 0.6 is 12.2 Å². The lowest BCUT2D eigenvalue weighted by Crippen LogP contribution is -2.08. The third kappa shape index (κ3) is 6.38. The fraction of sp³-hybridized carbons (Fsp3) is 0.182. The molecular formula is C22H24N2O2S. The number of allylic oxidation sites excluding steroid dienone is 6. The Kier molecular flexibility index (Phi) is 7.32. The second-order valence-corrected chi connectivity index (χ2v) is 6.47. The van der Waals surface area contributed by atoms with Crippen LogP contribution in [0.5, 0.6) is 0 Å². The average molecular weight is 381 g/mol. The minimum absolute atomic E-state index is 0.476. The first kappa shape index (κ1) is 20.4. The lowest BCUT2D eigenvalue weighted by Gasteiger charge is -2.11. The third-order valence-electron chi connectivity index (χ3n) is 3.67. The minimum atomic E-state index is 0.476. The van der Waals surface area contributed by atoms with Gasteiger partial charge >= 0.3 is 0 Å². The lowest BCUT2D eigenvalue weighted by atomic mass is 10.2. The number of ether oxygens (including phenoxy) is 1. The van der Waals surface area contributed by atoms with Gasteiger partial charge in [-0.25, -0.2) is 4.98 Å². The van der Waals surface area contributed by atoms with Crippen LogP contribution < -0.4 is 0 Å². The molecule has 4 nitrogen and oxygen atoms in total. The van der Waals surface area contributed by atoms with E-state index in [0.717, 1.165) is 34.1 Å². The van der Waals surface area contributed by atoms with Crippen LogP contribution in [0.1, 0.15) is 31.0 Å². The highest BCUT2D eigenvalue weighted by atomic mass is 32.1. The van der Waals surface area contributed by atoms with Crippen molar-refractivity contribution in [3.63, 3.8) is 0 Å². The Balaban J connectivity index is 2.39. The van der Waals surface area contributed by atoms with Gasteiger partial charge in [0.1, 0.15) is 5.76 Å². The smallest absolute Gasteiger partial charge is 0.200 e. The number of hydrogen-bond acceptors (Lipinski definition) is 4. The van der Waals surface area contributed by atoms with Gasteiger partial charge in [0.25, 0.3) is 0 Å². The molecule has 0 fully saturated rings. The summed E-state index contributed by atoms with van der Waals surface area (Å²) in [6, 6.07) is 5.74. The second kappa shape index (κ2) is 9.69. The summed E-state index contributed by atoms with van der Waals surface area (Å²) in [6.07, 6.45) is 11.2. The zero-order valence-electron chi connectivity index (χ0n) is 15.9. The molecule has 0 atom stereocenters. The topological polar surface area (TPSA) is 40.2 Å². The van der Waals surface area contributed by atoms with Crippen molar-refractivity contribution in [2.24, 2.45) is 0 Å². The zero-order valence-corrected chi connectivity index (χ0v) is 16.8. The maximum absolute atomic E-state index is 5.51. The van der Waals surface area contributed by atoms with Crippen LogP contribution in [-0.2, 0) is 11.3 Å². The van der Waals surface area contributed by atoms with Gasteiger partial charge in [-0.15, -0.1) is 0 Å². The van der Waals surface area contributed by atoms with Crippen molar-refractivity contribution in [1.82, 2.24) is 9.55 Å². The third-order valence-corrected chi connectivity index (χ3v) is 3.99. The number of nitrogens with zero attached hydrogens (tertiary/aromatic N) is 2. The van der Waals surface area contributed by atoms with Crippen molar-refractivity contribution < 1.29 is 9.15 Å². The van der Waals surface area contributed by atoms with Crippen molar-refractivity contribution >= 4 is 24.4 Å². The molecule has 0 radical (unpaired) electrons. The summed E-state index contributed by atoms with van der Waals surface area (Å²) in [5.74, 6) is 1.60. The summed E-state index contributed by atoms with van der Waals surface area (Å²) in [4.78, 5) is 4.51. The fourth-order valence-corrected chi connectivity index (χ4v) is 2.55. The molecule has 5 heteroatoms. The summed E-state index contributed by atoms with van der Waals surface area (Å²) in [6.45, 7) is 12.2. The van der Waals surface area contributed by atoms with Crippen molar-refractivity contribution in [2.75, 3.05) is 7.11 Å². The maximum Gasteiger partial charge on any atom is 0.200 e. The van der Waals surface area contributed by atoms with Gasteiger partial charge in [-0.05, 0) is 68.1 Å². The number of furan rings is 1. The predicted octanol–water partition coefficient (Wildman–Crippen LogP) is 5.96. The van der Waals surface area contributed by atoms with E-state index >= 15 is 0 Å². The summed E-state index contributed by atoms with van der Waals surface area (Å²) in [7, 11) is 1.63. The van der Waals surface area contributed by atoms with Gasteiger partial charge in [0, 0.05) is 5.69 Å². The van der Waals surface area contributed by atoms with Gasteiger partial charge in [-0.3, -0.25) is 0 Å². The van der Waals surface area contributed by atoms with E-state index in [2.05, 4.69) is 18.1 Å². The predicted molar refractivity (Wildman–Crippen MR) is 114 cm³/mol. The van der Waals surface area contributed by atoms with Gasteiger partial charge in [0.15, 0.2) is 0 Å². The molecular weight excluding hydrogens is 356 g/mol. The first-order valence-electron chi connectivity index (χ1n) is 8.46. The molecule has 0 aliphatic carbocycles. The Morgan fingerprint density at radius 3 is 2.70 bits per heavy atom. The number of rotatable bonds is 8. The molecule has 0 aliphatic rings. The van der Waals surface area contributed by atoms with Crippen LogP contribution in [0.3, 0.4) is 0 Å². The fourth-order valence-electron chi connectivity index (χ4n) is 2.27. The van der Waals surface area contributed by atoms with E-state index in [1.54, 1.807) is 13.4 Å². The molecule has 0 aromatic carbocycles. The van der Waals surface area contributed by atoms with Gasteiger partial charge in [0.05, 0.1) is 31.4 Å². The summed E-state index contributed by atoms with van der Waals surface area (Å²) >= 11 is 5.51. The molecule has 2 aromatic heterocycles. The van der Waals surface area contributed by atoms with E-state index in [4.69, 9.17) is 21.4 Å². The van der Waals surface area contributed by atoms with E-state index in [1.165, 1.54) is 0 Å². The van der Waals surface area contributed by atoms with Crippen LogP contribution in [0.15, 0.2) is 77.2 Å². The Morgan fingerprint density at radius 2 is 2.07 bits per heavy atom. The molecule has 0 unspecified atom stereocenters. The summed E-state index contributed by atoms with van der Waals surface area (Å²) in [5, 5.41) is 0. The largest absolute Gasteiger partial charge is 0.501 e. The van der Waals surface area contributed by atoms with Crippen LogP contribution in [0, 0.1) is 4.77 Å². The molecule has 2 heterocycles. The van der Waals surface area contributed by atoms with E-state index < -0.39 is 0 Å². The molecule has 2 aromatic rings. The Bertz CT molecular complexity index is 961. The highest BCUT2D eigenvalue weighted by Crippen LogP contribution is 2.14. The van der Waals surface area contributed by atoms with Crippen molar-refractivity contribution in [3.8, 4) is 0 Å². The molecule has 140 valence electrons. The normalized spacial score (nSPS) is 12.0. The quantitative estimate of drug-likeness (QED) is 0.322. The van der Waals surface area contributed by atoms with Crippen LogP contribution in [-0.4, -0.2) is 16.7 Å². The molecule has 0 amide bonds. The maximum atomic E-state index is 5.51. The van der Waals surface area contributed by atoms with Gasteiger partial charge in [0.2, 0.25) is 4.77 Å². The minimum Gasteiger partial charge on any atom is -0.501 e. The highest BCUT2D eigenvalue weighted by Gasteiger charge is 2.06. The van der Waals surface area contributed by atoms with Crippen molar-refractivity contribution in [2.45, 2.75) is 20.4 Å². The summed E-state index contributed by atoms with van der Waals surface area (Å²) in [5.41, 5.74) is 3.44. The van der Waals surface area contributed by atoms with Crippen LogP contribution in [0.4, 0.5) is 0 Å². The Morgan fingerprint density at radius 1 is 1.30 bits per heavy atom. The summed E-state index contributed by atoms with van der Waals surface area (Å²) < 4.78 is 13.0. The standard InChI is InChI=1S/C22H24N2O2S/c1-16(2)8-11-20-14-19(10-9-17(3)13-18(4)25-5)23-22(27)24(20)15-21-7-6-12-26-21/h6-14H,1,3,15H2,2,4-5H3/b10-9+,11-8+,18-13+. The monoisotopic (exact) mass is 380 g/mol.